The summed E-state index contributed by atoms with van der Waals surface area (Å²) < 4.78 is 61.3. The second-order valence-corrected chi connectivity index (χ2v) is 4.44. The molecule has 0 saturated carbocycles. The molecule has 0 aliphatic heterocycles. The monoisotopic (exact) mass is 306 g/mol. The number of nitrogens with one attached hydrogen (secondary N) is 2. The highest BCUT2D eigenvalue weighted by atomic mass is 19.4. The van der Waals surface area contributed by atoms with Crippen LogP contribution in [0.5, 0.6) is 0 Å². The van der Waals surface area contributed by atoms with Crippen LogP contribution in [0.25, 0.3) is 10.9 Å². The quantitative estimate of drug-likeness (QED) is 0.838. The molecule has 1 heterocycles. The lowest BCUT2D eigenvalue weighted by atomic mass is 10.1. The molecule has 2 aromatic rings. The van der Waals surface area contributed by atoms with Crippen molar-refractivity contribution in [3.63, 3.8) is 0 Å². The van der Waals surface area contributed by atoms with Gasteiger partial charge in [0.2, 0.25) is 0 Å². The topological polar surface area (TPSA) is 44.9 Å². The van der Waals surface area contributed by atoms with Gasteiger partial charge in [0.05, 0.1) is 0 Å². The number of hydrogen-bond acceptors (Lipinski definition) is 1. The summed E-state index contributed by atoms with van der Waals surface area (Å²) in [6.07, 6.45) is -4.12. The number of carbonyl (C=O) groups is 1. The summed E-state index contributed by atoms with van der Waals surface area (Å²) in [5, 5.41) is 2.44. The normalized spacial score (nSPS) is 12.6. The Morgan fingerprint density at radius 1 is 1.14 bits per heavy atom. The Morgan fingerprint density at radius 3 is 2.48 bits per heavy atom. The third-order valence-electron chi connectivity index (χ3n) is 3.00. The van der Waals surface area contributed by atoms with Gasteiger partial charge in [-0.3, -0.25) is 4.79 Å². The molecule has 2 rings (SSSR count). The SMILES string of the molecule is O=C(NCCc1c[nH]c2ccccc12)C(F)(F)C(F)(F)F. The Morgan fingerprint density at radius 2 is 1.81 bits per heavy atom. The van der Waals surface area contributed by atoms with E-state index in [-0.39, 0.29) is 13.0 Å². The van der Waals surface area contributed by atoms with Crippen molar-refractivity contribution in [1.29, 1.82) is 0 Å². The molecule has 0 saturated heterocycles. The fourth-order valence-corrected chi connectivity index (χ4v) is 1.89. The number of para-hydroxylation sites is 1. The molecule has 0 radical (unpaired) electrons. The molecule has 0 bridgehead atoms. The van der Waals surface area contributed by atoms with E-state index in [0.717, 1.165) is 16.5 Å². The molecule has 0 aliphatic rings. The third kappa shape index (κ3) is 2.98. The number of aromatic amines is 1. The maximum atomic E-state index is 12.7. The largest absolute Gasteiger partial charge is 0.463 e. The molecule has 0 aliphatic carbocycles. The van der Waals surface area contributed by atoms with Crippen molar-refractivity contribution < 1.29 is 26.7 Å². The van der Waals surface area contributed by atoms with Crippen molar-refractivity contribution in [2.24, 2.45) is 0 Å². The minimum atomic E-state index is -5.89. The van der Waals surface area contributed by atoms with Gasteiger partial charge in [0.25, 0.3) is 5.91 Å². The number of amides is 1. The molecule has 114 valence electrons. The molecule has 1 amide bonds. The highest BCUT2D eigenvalue weighted by Crippen LogP contribution is 2.35. The zero-order valence-electron chi connectivity index (χ0n) is 10.6. The average molecular weight is 306 g/mol. The molecule has 3 nitrogen and oxygen atoms in total. The number of rotatable bonds is 4. The fraction of sp³-hybridized carbons (Fsp3) is 0.308. The van der Waals surface area contributed by atoms with E-state index in [0.29, 0.717) is 0 Å². The molecule has 1 aromatic heterocycles. The first kappa shape index (κ1) is 15.3. The van der Waals surface area contributed by atoms with E-state index >= 15 is 0 Å². The van der Waals surface area contributed by atoms with E-state index in [2.05, 4.69) is 4.98 Å². The lowest BCUT2D eigenvalue weighted by molar-refractivity contribution is -0.269. The zero-order valence-corrected chi connectivity index (χ0v) is 10.6. The van der Waals surface area contributed by atoms with E-state index in [9.17, 15) is 26.7 Å². The molecule has 8 heteroatoms. The summed E-state index contributed by atoms with van der Waals surface area (Å²) >= 11 is 0. The van der Waals surface area contributed by atoms with Crippen molar-refractivity contribution in [1.82, 2.24) is 10.3 Å². The number of fused-ring (bicyclic) bond motifs is 1. The number of alkyl halides is 5. The zero-order chi connectivity index (χ0) is 15.7. The van der Waals surface area contributed by atoms with Gasteiger partial charge in [-0.05, 0) is 18.1 Å². The first-order valence-electron chi connectivity index (χ1n) is 6.01. The van der Waals surface area contributed by atoms with Crippen LogP contribution in [0.2, 0.25) is 0 Å². The second kappa shape index (κ2) is 5.34. The van der Waals surface area contributed by atoms with Crippen LogP contribution in [-0.4, -0.2) is 29.5 Å². The summed E-state index contributed by atoms with van der Waals surface area (Å²) in [7, 11) is 0. The number of halogens is 5. The van der Waals surface area contributed by atoms with Crippen molar-refractivity contribution in [3.8, 4) is 0 Å². The highest BCUT2D eigenvalue weighted by Gasteiger charge is 2.63. The van der Waals surface area contributed by atoms with E-state index in [1.807, 2.05) is 0 Å². The van der Waals surface area contributed by atoms with Crippen LogP contribution < -0.4 is 5.32 Å². The van der Waals surface area contributed by atoms with Crippen molar-refractivity contribution in [3.05, 3.63) is 36.0 Å². The summed E-state index contributed by atoms with van der Waals surface area (Å²) in [5.41, 5.74) is 1.54. The average Bonchev–Trinajstić information content (AvgIpc) is 2.81. The van der Waals surface area contributed by atoms with Gasteiger partial charge in [-0.25, -0.2) is 0 Å². The van der Waals surface area contributed by atoms with Gasteiger partial charge in [0, 0.05) is 23.6 Å². The van der Waals surface area contributed by atoms with Gasteiger partial charge in [-0.1, -0.05) is 18.2 Å². The van der Waals surface area contributed by atoms with Crippen LogP contribution in [0.1, 0.15) is 5.56 Å². The standard InChI is InChI=1S/C13H11F5N2O/c14-12(15,13(16,17)18)11(21)19-6-5-8-7-20-10-4-2-1-3-9(8)10/h1-4,7,20H,5-6H2,(H,19,21). The molecular weight excluding hydrogens is 295 g/mol. The van der Waals surface area contributed by atoms with Gasteiger partial charge >= 0.3 is 12.1 Å². The lowest BCUT2D eigenvalue weighted by Gasteiger charge is -2.18. The van der Waals surface area contributed by atoms with Gasteiger partial charge in [-0.2, -0.15) is 22.0 Å². The minimum Gasteiger partial charge on any atom is -0.361 e. The third-order valence-corrected chi connectivity index (χ3v) is 3.00. The van der Waals surface area contributed by atoms with Crippen molar-refractivity contribution in [2.75, 3.05) is 6.54 Å². The Bertz CT molecular complexity index is 647. The minimum absolute atomic E-state index is 0.143. The molecule has 0 fully saturated rings. The Hall–Kier alpha value is -2.12. The number of carbonyl (C=O) groups excluding carboxylic acids is 1. The van der Waals surface area contributed by atoms with Crippen LogP contribution in [0.3, 0.4) is 0 Å². The second-order valence-electron chi connectivity index (χ2n) is 4.44. The van der Waals surface area contributed by atoms with E-state index in [1.54, 1.807) is 35.8 Å². The summed E-state index contributed by atoms with van der Waals surface area (Å²) in [4.78, 5) is 13.9. The number of H-pyrrole nitrogens is 1. The van der Waals surface area contributed by atoms with Crippen LogP contribution in [0.15, 0.2) is 30.5 Å². The molecule has 1 aromatic carbocycles. The number of hydrogen-bond donors (Lipinski definition) is 2. The van der Waals surface area contributed by atoms with E-state index in [4.69, 9.17) is 0 Å². The van der Waals surface area contributed by atoms with Gasteiger partial charge in [0.15, 0.2) is 0 Å². The summed E-state index contributed by atoms with van der Waals surface area (Å²) in [6.45, 7) is -0.313. The summed E-state index contributed by atoms with van der Waals surface area (Å²) in [6, 6.07) is 7.16. The maximum absolute atomic E-state index is 12.7. The van der Waals surface area contributed by atoms with Crippen LogP contribution in [-0.2, 0) is 11.2 Å². The van der Waals surface area contributed by atoms with Gasteiger partial charge in [-0.15, -0.1) is 0 Å². The highest BCUT2D eigenvalue weighted by molar-refractivity contribution is 5.85. The lowest BCUT2D eigenvalue weighted by Crippen LogP contribution is -2.50. The van der Waals surface area contributed by atoms with Crippen LogP contribution in [0, 0.1) is 0 Å². The molecule has 2 N–H and O–H groups in total. The molecule has 0 unspecified atom stereocenters. The molecule has 0 atom stereocenters. The maximum Gasteiger partial charge on any atom is 0.463 e. The number of benzene rings is 1. The predicted molar refractivity (Wildman–Crippen MR) is 66.0 cm³/mol. The Kier molecular flexibility index (Phi) is 3.89. The first-order valence-corrected chi connectivity index (χ1v) is 6.01. The molecule has 21 heavy (non-hydrogen) atoms. The van der Waals surface area contributed by atoms with Crippen LogP contribution >= 0.6 is 0 Å². The van der Waals surface area contributed by atoms with Gasteiger partial charge < -0.3 is 10.3 Å². The smallest absolute Gasteiger partial charge is 0.361 e. The van der Waals surface area contributed by atoms with Crippen molar-refractivity contribution >= 4 is 16.8 Å². The van der Waals surface area contributed by atoms with E-state index < -0.39 is 18.0 Å². The van der Waals surface area contributed by atoms with Gasteiger partial charge in [0.1, 0.15) is 0 Å². The van der Waals surface area contributed by atoms with Crippen LogP contribution in [0.4, 0.5) is 22.0 Å². The van der Waals surface area contributed by atoms with E-state index in [1.165, 1.54) is 0 Å². The molecule has 0 spiro atoms. The Balaban J connectivity index is 1.97. The Labute approximate surface area is 116 Å². The van der Waals surface area contributed by atoms with Crippen molar-refractivity contribution in [2.45, 2.75) is 18.5 Å². The first-order chi connectivity index (χ1) is 9.73. The predicted octanol–water partition coefficient (Wildman–Crippen LogP) is 3.02. The summed E-state index contributed by atoms with van der Waals surface area (Å²) in [5.74, 6) is -7.72. The number of aromatic nitrogens is 1. The fourth-order valence-electron chi connectivity index (χ4n) is 1.89. The molecular formula is C13H11F5N2O.